The second-order valence-corrected chi connectivity index (χ2v) is 6.39. The van der Waals surface area contributed by atoms with E-state index >= 15 is 0 Å². The average molecular weight is 365 g/mol. The van der Waals surface area contributed by atoms with Crippen LogP contribution >= 0.6 is 11.6 Å². The molecular formula is C18H25ClN4O2. The number of aliphatic hydroxyl groups is 1. The summed E-state index contributed by atoms with van der Waals surface area (Å²) in [7, 11) is 0. The fourth-order valence-electron chi connectivity index (χ4n) is 2.22. The van der Waals surface area contributed by atoms with Gasteiger partial charge in [0.2, 0.25) is 0 Å². The van der Waals surface area contributed by atoms with Crippen molar-refractivity contribution >= 4 is 17.6 Å². The number of halogens is 1. The summed E-state index contributed by atoms with van der Waals surface area (Å²) in [5, 5.41) is 21.1. The molecule has 1 aromatic carbocycles. The van der Waals surface area contributed by atoms with Crippen molar-refractivity contribution in [3.8, 4) is 0 Å². The molecule has 0 saturated carbocycles. The summed E-state index contributed by atoms with van der Waals surface area (Å²) >= 11 is 6.11. The first-order valence-corrected chi connectivity index (χ1v) is 8.79. The van der Waals surface area contributed by atoms with Crippen LogP contribution in [-0.4, -0.2) is 29.3 Å². The van der Waals surface area contributed by atoms with Gasteiger partial charge in [-0.3, -0.25) is 0 Å². The maximum Gasteiger partial charge on any atom is 0.191 e. The van der Waals surface area contributed by atoms with Gasteiger partial charge < -0.3 is 20.3 Å². The summed E-state index contributed by atoms with van der Waals surface area (Å²) in [5.41, 5.74) is 1.60. The van der Waals surface area contributed by atoms with Gasteiger partial charge in [0.25, 0.3) is 0 Å². The summed E-state index contributed by atoms with van der Waals surface area (Å²) < 4.78 is 5.29. The van der Waals surface area contributed by atoms with Crippen molar-refractivity contribution < 1.29 is 9.63 Å². The van der Waals surface area contributed by atoms with Gasteiger partial charge in [-0.25, -0.2) is 4.99 Å². The average Bonchev–Trinajstić information content (AvgIpc) is 3.07. The van der Waals surface area contributed by atoms with Gasteiger partial charge in [-0.2, -0.15) is 0 Å². The number of aliphatic hydroxyl groups excluding tert-OH is 1. The summed E-state index contributed by atoms with van der Waals surface area (Å²) in [4.78, 5) is 4.46. The van der Waals surface area contributed by atoms with Crippen LogP contribution in [0.4, 0.5) is 0 Å². The molecule has 6 nitrogen and oxygen atoms in total. The molecule has 0 aliphatic carbocycles. The number of hydrogen-bond acceptors (Lipinski definition) is 4. The zero-order chi connectivity index (χ0) is 18.2. The minimum Gasteiger partial charge on any atom is -0.387 e. The SMILES string of the molecule is CCNC(=NCc1cc(C(C)C)no1)NCC(O)c1ccccc1Cl. The second-order valence-electron chi connectivity index (χ2n) is 5.99. The Morgan fingerprint density at radius 1 is 1.32 bits per heavy atom. The van der Waals surface area contributed by atoms with Crippen molar-refractivity contribution in [1.82, 2.24) is 15.8 Å². The standard InChI is InChI=1S/C18H25ClN4O2/c1-4-20-18(21-10-13-9-16(12(2)3)23-25-13)22-11-17(24)14-7-5-6-8-15(14)19/h5-9,12,17,24H,4,10-11H2,1-3H3,(H2,20,21,22). The Kier molecular flexibility index (Phi) is 7.28. The summed E-state index contributed by atoms with van der Waals surface area (Å²) in [6, 6.07) is 9.16. The van der Waals surface area contributed by atoms with Gasteiger partial charge in [0.15, 0.2) is 11.7 Å². The van der Waals surface area contributed by atoms with Crippen molar-refractivity contribution in [2.45, 2.75) is 39.3 Å². The Morgan fingerprint density at radius 3 is 2.72 bits per heavy atom. The first-order chi connectivity index (χ1) is 12.0. The van der Waals surface area contributed by atoms with Gasteiger partial charge in [-0.1, -0.05) is 48.8 Å². The van der Waals surface area contributed by atoms with Crippen LogP contribution in [-0.2, 0) is 6.54 Å². The highest BCUT2D eigenvalue weighted by Crippen LogP contribution is 2.21. The lowest BCUT2D eigenvalue weighted by atomic mass is 10.1. The van der Waals surface area contributed by atoms with E-state index in [1.165, 1.54) is 0 Å². The number of aromatic nitrogens is 1. The highest BCUT2D eigenvalue weighted by atomic mass is 35.5. The lowest BCUT2D eigenvalue weighted by Crippen LogP contribution is -2.39. The third kappa shape index (κ3) is 5.76. The molecular weight excluding hydrogens is 340 g/mol. The molecule has 0 amide bonds. The molecule has 7 heteroatoms. The van der Waals surface area contributed by atoms with Gasteiger partial charge in [0, 0.05) is 29.7 Å². The molecule has 2 aromatic rings. The van der Waals surface area contributed by atoms with Crippen LogP contribution < -0.4 is 10.6 Å². The third-order valence-corrected chi connectivity index (χ3v) is 3.98. The van der Waals surface area contributed by atoms with Gasteiger partial charge in [-0.05, 0) is 18.9 Å². The van der Waals surface area contributed by atoms with E-state index in [0.29, 0.717) is 47.9 Å². The molecule has 0 aliphatic heterocycles. The molecule has 1 atom stereocenters. The van der Waals surface area contributed by atoms with Gasteiger partial charge in [-0.15, -0.1) is 0 Å². The number of aliphatic imine (C=N–C) groups is 1. The van der Waals surface area contributed by atoms with Gasteiger partial charge >= 0.3 is 0 Å². The van der Waals surface area contributed by atoms with Crippen LogP contribution in [0.15, 0.2) is 39.8 Å². The smallest absolute Gasteiger partial charge is 0.191 e. The Morgan fingerprint density at radius 2 is 2.08 bits per heavy atom. The number of nitrogens with zero attached hydrogens (tertiary/aromatic N) is 2. The van der Waals surface area contributed by atoms with Crippen molar-refractivity contribution in [3.05, 3.63) is 52.4 Å². The normalized spacial score (nSPS) is 13.1. The van der Waals surface area contributed by atoms with Gasteiger partial charge in [0.1, 0.15) is 6.54 Å². The highest BCUT2D eigenvalue weighted by molar-refractivity contribution is 6.31. The zero-order valence-electron chi connectivity index (χ0n) is 14.8. The summed E-state index contributed by atoms with van der Waals surface area (Å²) in [5.74, 6) is 1.61. The van der Waals surface area contributed by atoms with Crippen LogP contribution in [0.3, 0.4) is 0 Å². The molecule has 25 heavy (non-hydrogen) atoms. The third-order valence-electron chi connectivity index (χ3n) is 3.63. The molecule has 0 bridgehead atoms. The number of benzene rings is 1. The Labute approximate surface area is 153 Å². The Balaban J connectivity index is 1.96. The van der Waals surface area contributed by atoms with E-state index in [2.05, 4.69) is 34.6 Å². The lowest BCUT2D eigenvalue weighted by Gasteiger charge is -2.16. The number of hydrogen-bond donors (Lipinski definition) is 3. The molecule has 136 valence electrons. The van der Waals surface area contributed by atoms with E-state index in [9.17, 15) is 5.11 Å². The number of nitrogens with one attached hydrogen (secondary N) is 2. The Hall–Kier alpha value is -2.05. The monoisotopic (exact) mass is 364 g/mol. The topological polar surface area (TPSA) is 82.7 Å². The fourth-order valence-corrected chi connectivity index (χ4v) is 2.48. The molecule has 1 unspecified atom stereocenters. The molecule has 1 heterocycles. The van der Waals surface area contributed by atoms with E-state index in [1.807, 2.05) is 25.1 Å². The largest absolute Gasteiger partial charge is 0.387 e. The van der Waals surface area contributed by atoms with E-state index in [4.69, 9.17) is 16.1 Å². The zero-order valence-corrected chi connectivity index (χ0v) is 15.5. The minimum absolute atomic E-state index is 0.295. The predicted molar refractivity (Wildman–Crippen MR) is 99.8 cm³/mol. The predicted octanol–water partition coefficient (Wildman–Crippen LogP) is 3.24. The quantitative estimate of drug-likeness (QED) is 0.519. The van der Waals surface area contributed by atoms with E-state index in [-0.39, 0.29) is 0 Å². The molecule has 0 radical (unpaired) electrons. The maximum absolute atomic E-state index is 10.3. The van der Waals surface area contributed by atoms with Crippen LogP contribution in [0.25, 0.3) is 0 Å². The molecule has 0 spiro atoms. The Bertz CT molecular complexity index is 700. The van der Waals surface area contributed by atoms with Crippen molar-refractivity contribution in [1.29, 1.82) is 0 Å². The van der Waals surface area contributed by atoms with E-state index in [0.717, 1.165) is 5.69 Å². The van der Waals surface area contributed by atoms with E-state index < -0.39 is 6.10 Å². The number of rotatable bonds is 7. The second kappa shape index (κ2) is 9.44. The lowest BCUT2D eigenvalue weighted by molar-refractivity contribution is 0.181. The summed E-state index contributed by atoms with van der Waals surface area (Å²) in [6.45, 7) is 7.48. The molecule has 1 aromatic heterocycles. The highest BCUT2D eigenvalue weighted by Gasteiger charge is 2.12. The first-order valence-electron chi connectivity index (χ1n) is 8.41. The molecule has 3 N–H and O–H groups in total. The van der Waals surface area contributed by atoms with Crippen LogP contribution in [0.1, 0.15) is 49.8 Å². The first kappa shape index (κ1) is 19.3. The van der Waals surface area contributed by atoms with Crippen LogP contribution in [0, 0.1) is 0 Å². The minimum atomic E-state index is -0.727. The fraction of sp³-hybridized carbons (Fsp3) is 0.444. The van der Waals surface area contributed by atoms with E-state index in [1.54, 1.807) is 12.1 Å². The molecule has 0 saturated heterocycles. The van der Waals surface area contributed by atoms with Crippen molar-refractivity contribution in [2.75, 3.05) is 13.1 Å². The van der Waals surface area contributed by atoms with Crippen LogP contribution in [0.2, 0.25) is 5.02 Å². The van der Waals surface area contributed by atoms with Crippen molar-refractivity contribution in [3.63, 3.8) is 0 Å². The summed E-state index contributed by atoms with van der Waals surface area (Å²) in [6.07, 6.45) is -0.727. The molecule has 0 aliphatic rings. The van der Waals surface area contributed by atoms with Gasteiger partial charge in [0.05, 0.1) is 11.8 Å². The number of guanidine groups is 1. The van der Waals surface area contributed by atoms with Crippen molar-refractivity contribution in [2.24, 2.45) is 4.99 Å². The molecule has 0 fully saturated rings. The van der Waals surface area contributed by atoms with Crippen LogP contribution in [0.5, 0.6) is 0 Å². The molecule has 2 rings (SSSR count). The maximum atomic E-state index is 10.3.